The summed E-state index contributed by atoms with van der Waals surface area (Å²) in [5.74, 6) is 3.15. The third-order valence-electron chi connectivity index (χ3n) is 3.97. The van der Waals surface area contributed by atoms with Gasteiger partial charge in [0.25, 0.3) is 10.0 Å². The number of nitrogens with one attached hydrogen (secondary N) is 1. The lowest BCUT2D eigenvalue weighted by molar-refractivity contribution is 0.578. The van der Waals surface area contributed by atoms with E-state index in [1.54, 1.807) is 13.0 Å². The molecule has 0 unspecified atom stereocenters. The van der Waals surface area contributed by atoms with E-state index in [1.165, 1.54) is 18.3 Å². The van der Waals surface area contributed by atoms with E-state index < -0.39 is 32.9 Å². The van der Waals surface area contributed by atoms with Crippen LogP contribution in [-0.4, -0.2) is 13.4 Å². The zero-order valence-electron chi connectivity index (χ0n) is 15.3. The zero-order chi connectivity index (χ0) is 22.1. The summed E-state index contributed by atoms with van der Waals surface area (Å²) in [6, 6.07) is 7.23. The minimum absolute atomic E-state index is 0.110. The predicted molar refractivity (Wildman–Crippen MR) is 113 cm³/mol. The van der Waals surface area contributed by atoms with Crippen LogP contribution < -0.4 is 10.5 Å². The number of nitrogens with two attached hydrogens (primary N) is 1. The van der Waals surface area contributed by atoms with E-state index in [4.69, 9.17) is 28.9 Å². The average Bonchev–Trinajstić information content (AvgIpc) is 2.67. The first-order valence-corrected chi connectivity index (χ1v) is 10.5. The molecule has 1 aromatic heterocycles. The minimum atomic E-state index is -4.30. The molecule has 2 aromatic carbocycles. The Morgan fingerprint density at radius 3 is 2.53 bits per heavy atom. The summed E-state index contributed by atoms with van der Waals surface area (Å²) < 4.78 is 56.3. The fourth-order valence-electron chi connectivity index (χ4n) is 2.47. The van der Waals surface area contributed by atoms with Crippen molar-refractivity contribution >= 4 is 44.7 Å². The second-order valence-electron chi connectivity index (χ2n) is 6.14. The van der Waals surface area contributed by atoms with Gasteiger partial charge in [-0.25, -0.2) is 22.2 Å². The SMILES string of the molecule is Cc1cc(N)ncc1C#Cc1c(F)ccc(NS(=O)(=O)c2cc(Cl)ccc2Cl)c1F. The molecule has 154 valence electrons. The van der Waals surface area contributed by atoms with Gasteiger partial charge in [0.05, 0.1) is 16.3 Å². The van der Waals surface area contributed by atoms with Gasteiger partial charge in [0, 0.05) is 16.8 Å². The van der Waals surface area contributed by atoms with Crippen molar-refractivity contribution in [3.63, 3.8) is 0 Å². The van der Waals surface area contributed by atoms with Crippen LogP contribution in [0.3, 0.4) is 0 Å². The first-order chi connectivity index (χ1) is 14.1. The summed E-state index contributed by atoms with van der Waals surface area (Å²) in [5, 5.41) is 0.0131. The van der Waals surface area contributed by atoms with Crippen LogP contribution in [0.5, 0.6) is 0 Å². The maximum Gasteiger partial charge on any atom is 0.263 e. The van der Waals surface area contributed by atoms with Crippen LogP contribution in [0.25, 0.3) is 0 Å². The lowest BCUT2D eigenvalue weighted by atomic mass is 10.1. The molecule has 0 radical (unpaired) electrons. The van der Waals surface area contributed by atoms with Gasteiger partial charge in [-0.2, -0.15) is 0 Å². The molecule has 1 heterocycles. The van der Waals surface area contributed by atoms with Gasteiger partial charge in [0.1, 0.15) is 16.5 Å². The fraction of sp³-hybridized carbons (Fsp3) is 0.0500. The highest BCUT2D eigenvalue weighted by molar-refractivity contribution is 7.92. The molecule has 0 bridgehead atoms. The van der Waals surface area contributed by atoms with E-state index in [0.29, 0.717) is 11.1 Å². The highest BCUT2D eigenvalue weighted by Crippen LogP contribution is 2.29. The molecule has 0 aliphatic carbocycles. The normalized spacial score (nSPS) is 11.0. The smallest absolute Gasteiger partial charge is 0.263 e. The first kappa shape index (κ1) is 21.8. The van der Waals surface area contributed by atoms with Gasteiger partial charge in [0.15, 0.2) is 5.82 Å². The molecule has 0 aliphatic heterocycles. The molecule has 30 heavy (non-hydrogen) atoms. The molecular weight excluding hydrogens is 455 g/mol. The van der Waals surface area contributed by atoms with E-state index >= 15 is 0 Å². The maximum atomic E-state index is 14.9. The number of halogens is 4. The Kier molecular flexibility index (Phi) is 6.17. The van der Waals surface area contributed by atoms with Gasteiger partial charge in [-0.3, -0.25) is 4.72 Å². The third kappa shape index (κ3) is 4.65. The van der Waals surface area contributed by atoms with Crippen molar-refractivity contribution in [2.75, 3.05) is 10.5 Å². The fourth-order valence-corrected chi connectivity index (χ4v) is 4.29. The Labute approximate surface area is 181 Å². The van der Waals surface area contributed by atoms with Crippen LogP contribution in [0.4, 0.5) is 20.3 Å². The second kappa shape index (κ2) is 8.48. The quantitative estimate of drug-likeness (QED) is 0.543. The number of nitrogens with zero attached hydrogens (tertiary/aromatic N) is 1. The van der Waals surface area contributed by atoms with E-state index in [1.807, 2.05) is 4.72 Å². The number of benzene rings is 2. The lowest BCUT2D eigenvalue weighted by Gasteiger charge is -2.11. The lowest BCUT2D eigenvalue weighted by Crippen LogP contribution is -2.15. The third-order valence-corrected chi connectivity index (χ3v) is 6.05. The molecule has 0 aliphatic rings. The Balaban J connectivity index is 2.01. The van der Waals surface area contributed by atoms with Crippen molar-refractivity contribution in [1.29, 1.82) is 0 Å². The Bertz CT molecular complexity index is 1320. The van der Waals surface area contributed by atoms with Crippen LogP contribution in [0.15, 0.2) is 47.5 Å². The van der Waals surface area contributed by atoms with Crippen molar-refractivity contribution in [1.82, 2.24) is 4.98 Å². The molecule has 0 atom stereocenters. The highest BCUT2D eigenvalue weighted by atomic mass is 35.5. The molecular formula is C20H13Cl2F2N3O2S. The number of sulfonamides is 1. The standard InChI is InChI=1S/C20H13Cl2F2N3O2S/c1-11-8-19(25)26-10-12(11)2-4-14-16(23)6-7-17(20(14)24)27-30(28,29)18-9-13(21)3-5-15(18)22/h3,5-10,27H,1H3,(H2,25,26). The molecule has 10 heteroatoms. The highest BCUT2D eigenvalue weighted by Gasteiger charge is 2.22. The number of nitrogen functional groups attached to an aromatic ring is 1. The molecule has 5 nitrogen and oxygen atoms in total. The molecule has 0 fully saturated rings. The maximum absolute atomic E-state index is 14.9. The summed E-state index contributed by atoms with van der Waals surface area (Å²) in [6.07, 6.45) is 1.38. The number of hydrogen-bond acceptors (Lipinski definition) is 4. The molecule has 0 saturated carbocycles. The molecule has 3 rings (SSSR count). The molecule has 3 N–H and O–H groups in total. The number of anilines is 2. The monoisotopic (exact) mass is 467 g/mol. The van der Waals surface area contributed by atoms with Gasteiger partial charge in [-0.15, -0.1) is 0 Å². The minimum Gasteiger partial charge on any atom is -0.384 e. The number of rotatable bonds is 3. The Morgan fingerprint density at radius 2 is 1.83 bits per heavy atom. The largest absolute Gasteiger partial charge is 0.384 e. The number of pyridine rings is 1. The molecule has 0 saturated heterocycles. The van der Waals surface area contributed by atoms with Gasteiger partial charge in [-0.1, -0.05) is 35.0 Å². The van der Waals surface area contributed by atoms with Crippen LogP contribution in [0, 0.1) is 30.4 Å². The Morgan fingerprint density at radius 1 is 1.10 bits per heavy atom. The Hall–Kier alpha value is -2.86. The van der Waals surface area contributed by atoms with Crippen LogP contribution in [0.2, 0.25) is 10.0 Å². The van der Waals surface area contributed by atoms with Gasteiger partial charge in [-0.05, 0) is 48.9 Å². The van der Waals surface area contributed by atoms with E-state index in [0.717, 1.165) is 18.2 Å². The average molecular weight is 468 g/mol. The summed E-state index contributed by atoms with van der Waals surface area (Å²) >= 11 is 11.7. The topological polar surface area (TPSA) is 85.1 Å². The van der Waals surface area contributed by atoms with Gasteiger partial charge in [0.2, 0.25) is 0 Å². The van der Waals surface area contributed by atoms with Crippen molar-refractivity contribution in [2.24, 2.45) is 0 Å². The summed E-state index contributed by atoms with van der Waals surface area (Å²) in [6.45, 7) is 1.72. The molecule has 0 amide bonds. The number of aryl methyl sites for hydroxylation is 1. The van der Waals surface area contributed by atoms with Gasteiger partial charge >= 0.3 is 0 Å². The summed E-state index contributed by atoms with van der Waals surface area (Å²) in [5.41, 5.74) is 5.55. The van der Waals surface area contributed by atoms with Gasteiger partial charge < -0.3 is 5.73 Å². The van der Waals surface area contributed by atoms with E-state index in [-0.39, 0.29) is 20.8 Å². The van der Waals surface area contributed by atoms with Crippen molar-refractivity contribution < 1.29 is 17.2 Å². The number of hydrogen-bond donors (Lipinski definition) is 2. The summed E-state index contributed by atoms with van der Waals surface area (Å²) in [7, 11) is -4.30. The summed E-state index contributed by atoms with van der Waals surface area (Å²) in [4.78, 5) is 3.53. The van der Waals surface area contributed by atoms with Crippen LogP contribution in [0.1, 0.15) is 16.7 Å². The van der Waals surface area contributed by atoms with Crippen molar-refractivity contribution in [2.45, 2.75) is 11.8 Å². The van der Waals surface area contributed by atoms with Crippen LogP contribution in [-0.2, 0) is 10.0 Å². The second-order valence-corrected chi connectivity index (χ2v) is 8.63. The van der Waals surface area contributed by atoms with Crippen molar-refractivity contribution in [3.05, 3.63) is 81.0 Å². The molecule has 3 aromatic rings. The number of aromatic nitrogens is 1. The predicted octanol–water partition coefficient (Wildman–Crippen LogP) is 4.76. The van der Waals surface area contributed by atoms with E-state index in [2.05, 4.69) is 16.8 Å². The van der Waals surface area contributed by atoms with Crippen molar-refractivity contribution in [3.8, 4) is 11.8 Å². The van der Waals surface area contributed by atoms with Crippen LogP contribution >= 0.6 is 23.2 Å². The zero-order valence-corrected chi connectivity index (χ0v) is 17.6. The van der Waals surface area contributed by atoms with E-state index in [9.17, 15) is 17.2 Å². The first-order valence-electron chi connectivity index (χ1n) is 8.28. The molecule has 0 spiro atoms.